The molecule has 2 N–H and O–H groups in total. The number of rotatable bonds is 28. The molecular formula is C58H74I6N7O6-. The number of allylic oxidation sites excluding steroid dienone is 1. The van der Waals surface area contributed by atoms with Gasteiger partial charge in [-0.25, -0.2) is 5.48 Å². The van der Waals surface area contributed by atoms with Crippen LogP contribution in [-0.2, 0) is 23.9 Å². The van der Waals surface area contributed by atoms with Gasteiger partial charge in [-0.15, -0.1) is 24.0 Å². The first-order valence-corrected chi connectivity index (χ1v) is 44.6. The maximum Gasteiger partial charge on any atom is 0.243 e. The Kier molecular flexibility index (Phi) is 47.4. The summed E-state index contributed by atoms with van der Waals surface area (Å²) in [4.78, 5) is 60.4. The van der Waals surface area contributed by atoms with Crippen molar-refractivity contribution in [3.8, 4) is 0 Å². The van der Waals surface area contributed by atoms with Gasteiger partial charge < -0.3 is 9.47 Å². The van der Waals surface area contributed by atoms with Crippen LogP contribution in [0.25, 0.3) is 5.57 Å². The number of pyridine rings is 6. The minimum Gasteiger partial charge on any atom is -0.289 e. The maximum absolute atomic E-state index is 11.3. The molecule has 0 aromatic carbocycles. The van der Waals surface area contributed by atoms with Gasteiger partial charge in [0, 0.05) is 134 Å². The van der Waals surface area contributed by atoms with Gasteiger partial charge in [0.05, 0.1) is 24.6 Å². The van der Waals surface area contributed by atoms with E-state index >= 15 is 0 Å². The van der Waals surface area contributed by atoms with Crippen molar-refractivity contribution in [1.29, 1.82) is 0 Å². The van der Waals surface area contributed by atoms with Crippen molar-refractivity contribution in [3.05, 3.63) is 187 Å². The van der Waals surface area contributed by atoms with E-state index in [9.17, 15) is 14.4 Å². The molecular weight excluding hydrogens is 1650 g/mol. The number of aromatic nitrogens is 6. The summed E-state index contributed by atoms with van der Waals surface area (Å²) in [6.07, 6.45) is 28.4. The number of carbonyl (C=O) groups excluding carboxylic acids is 3. The van der Waals surface area contributed by atoms with Gasteiger partial charge in [0.1, 0.15) is 0 Å². The van der Waals surface area contributed by atoms with Crippen LogP contribution in [-0.4, -0.2) is 66.2 Å². The molecule has 0 spiro atoms. The van der Waals surface area contributed by atoms with Crippen LogP contribution in [0.15, 0.2) is 152 Å². The smallest absolute Gasteiger partial charge is 0.243 e. The molecule has 13 nitrogen and oxygen atoms in total. The molecule has 6 aromatic heterocycles. The van der Waals surface area contributed by atoms with E-state index in [4.69, 9.17) is 14.7 Å². The predicted octanol–water partition coefficient (Wildman–Crippen LogP) is 13.6. The third-order valence-corrected chi connectivity index (χ3v) is 11.5. The Labute approximate surface area is 527 Å². The summed E-state index contributed by atoms with van der Waals surface area (Å²) in [6, 6.07) is 35.8. The minimum absolute atomic E-state index is 0. The molecule has 0 saturated carbocycles. The predicted molar refractivity (Wildman–Crippen MR) is 349 cm³/mol. The minimum atomic E-state index is -0.315. The van der Waals surface area contributed by atoms with Crippen molar-refractivity contribution < 1.29 is 42.3 Å². The summed E-state index contributed by atoms with van der Waals surface area (Å²) in [5.41, 5.74) is 8.82. The Balaban J connectivity index is 0.000000550. The zero-order chi connectivity index (χ0) is 55.1. The maximum atomic E-state index is 11.3. The van der Waals surface area contributed by atoms with Crippen LogP contribution in [0.5, 0.6) is 0 Å². The quantitative estimate of drug-likeness (QED) is 0.0156. The second kappa shape index (κ2) is 50.4. The molecule has 6 heterocycles. The zero-order valence-corrected chi connectivity index (χ0v) is 57.1. The Morgan fingerprint density at radius 3 is 1.14 bits per heavy atom. The fraction of sp³-hybridized carbons (Fsp3) is 0.397. The van der Waals surface area contributed by atoms with E-state index in [2.05, 4.69) is 123 Å². The monoisotopic (exact) mass is 1730 g/mol. The summed E-state index contributed by atoms with van der Waals surface area (Å²) in [5, 5.41) is 8.45. The number of unbranched alkanes of at least 4 members (excludes halogenated alkanes) is 9. The molecule has 0 aliphatic carbocycles. The van der Waals surface area contributed by atoms with Gasteiger partial charge in [0.25, 0.3) is 0 Å². The van der Waals surface area contributed by atoms with Crippen LogP contribution in [0.3, 0.4) is 0 Å². The number of hydroxylamine groups is 1. The molecule has 0 unspecified atom stereocenters. The van der Waals surface area contributed by atoms with Crippen molar-refractivity contribution in [3.63, 3.8) is 0 Å². The molecule has 0 saturated heterocycles. The van der Waals surface area contributed by atoms with Crippen molar-refractivity contribution in [1.82, 2.24) is 35.4 Å². The van der Waals surface area contributed by atoms with Gasteiger partial charge in [-0.1, -0.05) is 87.4 Å². The first kappa shape index (κ1) is 72.4. The summed E-state index contributed by atoms with van der Waals surface area (Å²) >= 11 is 9.54. The molecule has 1 amide bonds. The standard InChI is InChI=1S/C20H26N2O2.C20H24N2O2.C18H23N3O2.I3.I2.HI/c2*1-2-24-20(23)14-6-4-3-5-11-17(18-12-7-9-15-21-18)19-13-8-10-16-22-19;22-18(21-23)12-4-2-1-3-9-15(16-10-5-7-13-19-16)17-11-6-8-14-20-17;1-3-2;1-2;/h7-10,12-13,15-17H,2-6,11,14H2,1H3;7-13,15-16H,2-6,14H2,1H3;5-8,10-11,13-15,23H,1-4,9,12H2,(H,21,22);;;1H/q;;;-1;;. The molecule has 0 aliphatic rings. The van der Waals surface area contributed by atoms with E-state index in [1.54, 1.807) is 17.9 Å². The van der Waals surface area contributed by atoms with Crippen molar-refractivity contribution in [2.24, 2.45) is 0 Å². The fourth-order valence-corrected chi connectivity index (χ4v) is 7.93. The molecule has 77 heavy (non-hydrogen) atoms. The Morgan fingerprint density at radius 2 is 0.831 bits per heavy atom. The normalized spacial score (nSPS) is 10.1. The van der Waals surface area contributed by atoms with Gasteiger partial charge in [-0.05, 0) is 132 Å². The Morgan fingerprint density at radius 1 is 0.506 bits per heavy atom. The van der Waals surface area contributed by atoms with E-state index in [1.165, 1.54) is 0 Å². The molecule has 0 bridgehead atoms. The second-order valence-corrected chi connectivity index (χ2v) is 33.1. The van der Waals surface area contributed by atoms with Crippen molar-refractivity contribution >= 4 is 122 Å². The molecule has 19 heteroatoms. The number of hydrogen-bond donors (Lipinski definition) is 2. The molecule has 0 aliphatic heterocycles. The number of carbonyl (C=O) groups is 3. The molecule has 0 fully saturated rings. The SMILES string of the molecule is CCOC(=O)CCCCCC=C(c1ccccn1)c1ccccn1.CCOC(=O)CCCCCCC(c1ccccn1)c1ccccn1.I.II.I[I-]I.O=C(CCCCCCC(c1ccccn1)c1ccccn1)NO. The van der Waals surface area contributed by atoms with E-state index in [1.807, 2.05) is 136 Å². The van der Waals surface area contributed by atoms with Crippen LogP contribution in [0.2, 0.25) is 0 Å². The van der Waals surface area contributed by atoms with Gasteiger partial charge in [-0.3, -0.25) is 49.5 Å². The topological polar surface area (TPSA) is 179 Å². The number of nitrogens with zero attached hydrogens (tertiary/aromatic N) is 6. The fourth-order valence-electron chi connectivity index (χ4n) is 7.93. The van der Waals surface area contributed by atoms with Gasteiger partial charge in [0.15, 0.2) is 0 Å². The van der Waals surface area contributed by atoms with Gasteiger partial charge in [0.2, 0.25) is 5.91 Å². The van der Waals surface area contributed by atoms with Crippen molar-refractivity contribution in [2.45, 2.75) is 135 Å². The summed E-state index contributed by atoms with van der Waals surface area (Å²) in [7, 11) is 0. The number of halogens is 6. The largest absolute Gasteiger partial charge is 0.289 e. The average Bonchev–Trinajstić information content (AvgIpc) is 3.47. The molecule has 6 rings (SSSR count). The zero-order valence-electron chi connectivity index (χ0n) is 44.0. The van der Waals surface area contributed by atoms with Crippen LogP contribution >= 0.6 is 98.4 Å². The summed E-state index contributed by atoms with van der Waals surface area (Å²) in [6.45, 7) is 4.60. The number of ether oxygens (including phenoxy) is 2. The number of esters is 2. The Bertz CT molecular complexity index is 2260. The van der Waals surface area contributed by atoms with Crippen LogP contribution in [0.4, 0.5) is 0 Å². The van der Waals surface area contributed by atoms with E-state index in [-0.39, 0.29) is 53.7 Å². The van der Waals surface area contributed by atoms with E-state index in [0.29, 0.717) is 45.7 Å². The molecule has 0 radical (unpaired) electrons. The van der Waals surface area contributed by atoms with E-state index in [0.717, 1.165) is 130 Å². The van der Waals surface area contributed by atoms with Gasteiger partial charge in [-0.2, -0.15) is 0 Å². The Hall–Kier alpha value is -2.61. The molecule has 420 valence electrons. The average molecular weight is 1730 g/mol. The van der Waals surface area contributed by atoms with Crippen LogP contribution in [0, 0.1) is 0 Å². The number of nitrogens with one attached hydrogen (secondary N) is 1. The number of amides is 1. The summed E-state index contributed by atoms with van der Waals surface area (Å²) in [5.74, 6) is -0.0616. The van der Waals surface area contributed by atoms with Crippen molar-refractivity contribution in [2.75, 3.05) is 13.2 Å². The van der Waals surface area contributed by atoms with E-state index < -0.39 is 0 Å². The van der Waals surface area contributed by atoms with Crippen LogP contribution in [0.1, 0.15) is 169 Å². The molecule has 6 aromatic rings. The molecule has 0 atom stereocenters. The third-order valence-electron chi connectivity index (χ3n) is 11.5. The summed E-state index contributed by atoms with van der Waals surface area (Å²) < 4.78 is 9.88. The third kappa shape index (κ3) is 34.3. The van der Waals surface area contributed by atoms with Gasteiger partial charge >= 0.3 is 62.4 Å². The second-order valence-electron chi connectivity index (χ2n) is 16.9. The number of hydrogen-bond acceptors (Lipinski definition) is 12. The first-order chi connectivity index (χ1) is 37.3. The first-order valence-electron chi connectivity index (χ1n) is 25.8. The van der Waals surface area contributed by atoms with Crippen LogP contribution < -0.4 is 18.7 Å².